The molecule has 2 aliphatic heterocycles. The largest absolute Gasteiger partial charge is 0.332 e. The van der Waals surface area contributed by atoms with Gasteiger partial charge in [0.25, 0.3) is 5.56 Å². The fourth-order valence-corrected chi connectivity index (χ4v) is 7.98. The third kappa shape index (κ3) is 3.10. The van der Waals surface area contributed by atoms with E-state index in [9.17, 15) is 18.0 Å². The summed E-state index contributed by atoms with van der Waals surface area (Å²) in [5, 5.41) is 0. The van der Waals surface area contributed by atoms with E-state index in [1.807, 2.05) is 4.90 Å². The molecule has 1 aromatic rings. The molecule has 2 bridgehead atoms. The zero-order chi connectivity index (χ0) is 21.5. The Morgan fingerprint density at radius 2 is 1.84 bits per heavy atom. The van der Waals surface area contributed by atoms with Gasteiger partial charge >= 0.3 is 0 Å². The van der Waals surface area contributed by atoms with Gasteiger partial charge in [-0.25, -0.2) is 13.4 Å². The first-order valence-corrected chi connectivity index (χ1v) is 13.6. The molecule has 5 atom stereocenters. The summed E-state index contributed by atoms with van der Waals surface area (Å²) >= 11 is 0. The highest BCUT2D eigenvalue weighted by molar-refractivity contribution is 7.88. The van der Waals surface area contributed by atoms with E-state index in [0.717, 1.165) is 31.1 Å². The summed E-state index contributed by atoms with van der Waals surface area (Å²) in [6.07, 6.45) is 8.21. The summed E-state index contributed by atoms with van der Waals surface area (Å²) in [6.45, 7) is 1.14. The van der Waals surface area contributed by atoms with Gasteiger partial charge in [0.05, 0.1) is 24.5 Å². The Balaban J connectivity index is 1.29. The number of piperidine rings is 1. The number of nitrogens with one attached hydrogen (secondary N) is 1. The Labute approximate surface area is 182 Å². The molecule has 8 nitrogen and oxygen atoms in total. The quantitative estimate of drug-likeness (QED) is 0.757. The predicted octanol–water partition coefficient (Wildman–Crippen LogP) is 1.43. The van der Waals surface area contributed by atoms with Crippen LogP contribution >= 0.6 is 0 Å². The van der Waals surface area contributed by atoms with Crippen LogP contribution in [0.25, 0.3) is 0 Å². The van der Waals surface area contributed by atoms with Crippen molar-refractivity contribution in [3.8, 4) is 0 Å². The van der Waals surface area contributed by atoms with Gasteiger partial charge in [-0.2, -0.15) is 4.31 Å². The summed E-state index contributed by atoms with van der Waals surface area (Å²) in [4.78, 5) is 36.0. The maximum atomic E-state index is 13.6. The first-order valence-electron chi connectivity index (χ1n) is 11.7. The van der Waals surface area contributed by atoms with Gasteiger partial charge in [0, 0.05) is 24.6 Å². The van der Waals surface area contributed by atoms with E-state index in [4.69, 9.17) is 4.98 Å². The highest BCUT2D eigenvalue weighted by Gasteiger charge is 2.68. The zero-order valence-electron chi connectivity index (χ0n) is 17.9. The normalized spacial score (nSPS) is 36.9. The van der Waals surface area contributed by atoms with Crippen molar-refractivity contribution >= 4 is 15.9 Å². The Morgan fingerprint density at radius 1 is 1.10 bits per heavy atom. The number of likely N-dealkylation sites (tertiary alicyclic amines) is 1. The number of rotatable bonds is 3. The van der Waals surface area contributed by atoms with Gasteiger partial charge in [-0.15, -0.1) is 0 Å². The number of aromatic nitrogens is 2. The molecule has 0 radical (unpaired) electrons. The molecule has 4 fully saturated rings. The molecule has 0 unspecified atom stereocenters. The van der Waals surface area contributed by atoms with Gasteiger partial charge in [0.1, 0.15) is 5.82 Å². The molecule has 5 aliphatic rings. The maximum Gasteiger partial charge on any atom is 0.254 e. The van der Waals surface area contributed by atoms with Crippen LogP contribution in [0.3, 0.4) is 0 Å². The van der Waals surface area contributed by atoms with Crippen LogP contribution in [0.4, 0.5) is 0 Å². The second-order valence-corrected chi connectivity index (χ2v) is 12.3. The molecule has 6 rings (SSSR count). The zero-order valence-corrected chi connectivity index (χ0v) is 18.7. The minimum Gasteiger partial charge on any atom is -0.332 e. The fraction of sp³-hybridized carbons (Fsp3) is 0.773. The van der Waals surface area contributed by atoms with Crippen LogP contribution in [0.15, 0.2) is 4.79 Å². The van der Waals surface area contributed by atoms with Crippen LogP contribution < -0.4 is 5.56 Å². The fourth-order valence-electron chi connectivity index (χ4n) is 7.20. The predicted molar refractivity (Wildman–Crippen MR) is 113 cm³/mol. The molecule has 9 heteroatoms. The summed E-state index contributed by atoms with van der Waals surface area (Å²) in [7, 11) is -3.34. The summed E-state index contributed by atoms with van der Waals surface area (Å²) in [5.74, 6) is 3.64. The number of nitrogens with zero attached hydrogens (tertiary/aromatic N) is 3. The lowest BCUT2D eigenvalue weighted by molar-refractivity contribution is -0.137. The van der Waals surface area contributed by atoms with E-state index in [1.165, 1.54) is 29.8 Å². The average Bonchev–Trinajstić information content (AvgIpc) is 3.18. The van der Waals surface area contributed by atoms with Gasteiger partial charge < -0.3 is 9.88 Å². The molecule has 1 N–H and O–H groups in total. The second-order valence-electron chi connectivity index (χ2n) is 10.3. The molecule has 3 saturated carbocycles. The van der Waals surface area contributed by atoms with Gasteiger partial charge in [0.15, 0.2) is 0 Å². The number of hydrogen-bond donors (Lipinski definition) is 1. The van der Waals surface area contributed by atoms with Gasteiger partial charge in [-0.05, 0) is 68.6 Å². The molecule has 3 aliphatic carbocycles. The van der Waals surface area contributed by atoms with E-state index >= 15 is 0 Å². The van der Waals surface area contributed by atoms with Crippen molar-refractivity contribution in [2.45, 2.75) is 57.5 Å². The lowest BCUT2D eigenvalue weighted by Crippen LogP contribution is -2.43. The molecule has 1 amide bonds. The van der Waals surface area contributed by atoms with Crippen molar-refractivity contribution in [3.63, 3.8) is 0 Å². The molecule has 31 heavy (non-hydrogen) atoms. The van der Waals surface area contributed by atoms with E-state index in [-0.39, 0.29) is 30.0 Å². The molecule has 1 aromatic heterocycles. The van der Waals surface area contributed by atoms with Gasteiger partial charge in [-0.1, -0.05) is 0 Å². The number of carbonyl (C=O) groups is 1. The molecular weight excluding hydrogens is 416 g/mol. The van der Waals surface area contributed by atoms with E-state index in [0.29, 0.717) is 48.4 Å². The van der Waals surface area contributed by atoms with Crippen LogP contribution in [0.1, 0.15) is 61.6 Å². The smallest absolute Gasteiger partial charge is 0.254 e. The topological polar surface area (TPSA) is 103 Å². The van der Waals surface area contributed by atoms with Crippen molar-refractivity contribution in [2.24, 2.45) is 29.6 Å². The number of carbonyl (C=O) groups excluding carboxylic acids is 1. The Kier molecular flexibility index (Phi) is 4.42. The van der Waals surface area contributed by atoms with Crippen LogP contribution in [0, 0.1) is 29.6 Å². The number of sulfonamides is 1. The summed E-state index contributed by atoms with van der Waals surface area (Å²) in [5.41, 5.74) is 0.924. The molecule has 0 aromatic carbocycles. The maximum absolute atomic E-state index is 13.6. The lowest BCUT2D eigenvalue weighted by atomic mass is 9.97. The van der Waals surface area contributed by atoms with E-state index in [1.54, 1.807) is 0 Å². The number of H-pyrrole nitrogens is 1. The van der Waals surface area contributed by atoms with Crippen LogP contribution in [0.2, 0.25) is 0 Å². The molecule has 3 heterocycles. The van der Waals surface area contributed by atoms with Crippen molar-refractivity contribution in [1.82, 2.24) is 19.2 Å². The Hall–Kier alpha value is -1.74. The number of fused-ring (bicyclic) bond motifs is 6. The number of aromatic amines is 1. The number of hydrogen-bond acceptors (Lipinski definition) is 5. The SMILES string of the molecule is CS(=O)(=O)N1CCc2c(nc([C@H]3CCCCN3C(=O)C3[C@H]4[C@@H]5CC[C@H](C5)[C@H]34)[nH]c2=O)C1. The van der Waals surface area contributed by atoms with Gasteiger partial charge in [-0.3, -0.25) is 9.59 Å². The second kappa shape index (κ2) is 6.88. The van der Waals surface area contributed by atoms with Crippen LogP contribution in [-0.2, 0) is 27.8 Å². The number of amides is 1. The minimum absolute atomic E-state index is 0.127. The third-order valence-corrected chi connectivity index (χ3v) is 9.90. The highest BCUT2D eigenvalue weighted by Crippen LogP contribution is 2.69. The minimum atomic E-state index is -3.34. The van der Waals surface area contributed by atoms with E-state index in [2.05, 4.69) is 4.98 Å². The summed E-state index contributed by atoms with van der Waals surface area (Å²) in [6, 6.07) is -0.216. The van der Waals surface area contributed by atoms with Crippen molar-refractivity contribution in [1.29, 1.82) is 0 Å². The molecular formula is C22H30N4O4S. The molecule has 0 spiro atoms. The Bertz CT molecular complexity index is 1080. The Morgan fingerprint density at radius 3 is 2.55 bits per heavy atom. The van der Waals surface area contributed by atoms with Crippen molar-refractivity contribution in [3.05, 3.63) is 27.4 Å². The lowest BCUT2D eigenvalue weighted by Gasteiger charge is -2.36. The van der Waals surface area contributed by atoms with Crippen LogP contribution in [0.5, 0.6) is 0 Å². The standard InChI is InChI=1S/C22H30N4O4S/c1-31(29,30)25-9-7-14-15(11-25)23-20(24-21(14)27)16-4-2-3-8-26(16)22(28)19-17-12-5-6-13(10-12)18(17)19/h12-13,16-19H,2-11H2,1H3,(H,23,24,27)/t12-,13-,16-,17+,18+/m1/s1. The van der Waals surface area contributed by atoms with Crippen LogP contribution in [-0.4, -0.2) is 52.8 Å². The van der Waals surface area contributed by atoms with E-state index < -0.39 is 10.0 Å². The first-order chi connectivity index (χ1) is 14.8. The highest BCUT2D eigenvalue weighted by atomic mass is 32.2. The monoisotopic (exact) mass is 446 g/mol. The molecule has 168 valence electrons. The van der Waals surface area contributed by atoms with Crippen molar-refractivity contribution < 1.29 is 13.2 Å². The summed E-state index contributed by atoms with van der Waals surface area (Å²) < 4.78 is 25.4. The third-order valence-electron chi connectivity index (χ3n) is 8.65. The van der Waals surface area contributed by atoms with Crippen molar-refractivity contribution in [2.75, 3.05) is 19.3 Å². The van der Waals surface area contributed by atoms with Gasteiger partial charge in [0.2, 0.25) is 15.9 Å². The first kappa shape index (κ1) is 19.9. The average molecular weight is 447 g/mol. The molecule has 1 saturated heterocycles.